The van der Waals surface area contributed by atoms with Crippen LogP contribution in [0.25, 0.3) is 0 Å². The summed E-state index contributed by atoms with van der Waals surface area (Å²) >= 11 is 3.54. The van der Waals surface area contributed by atoms with Gasteiger partial charge in [-0.15, -0.1) is 0 Å². The first-order valence-electron chi connectivity index (χ1n) is 5.68. The predicted molar refractivity (Wildman–Crippen MR) is 73.6 cm³/mol. The van der Waals surface area contributed by atoms with Crippen molar-refractivity contribution in [3.63, 3.8) is 0 Å². The van der Waals surface area contributed by atoms with Gasteiger partial charge in [-0.2, -0.15) is 0 Å². The third kappa shape index (κ3) is 3.58. The van der Waals surface area contributed by atoms with Gasteiger partial charge in [0.2, 0.25) is 0 Å². The summed E-state index contributed by atoms with van der Waals surface area (Å²) in [5.41, 5.74) is 8.34. The largest absolute Gasteiger partial charge is 0.330 e. The standard InChI is InChI=1S/C13H21BrN2/c1-10-6-7-11(14)9-12(10)13(16(2)3)5-4-8-15/h6-7,9,13H,4-5,8,15H2,1-3H3. The topological polar surface area (TPSA) is 29.3 Å². The van der Waals surface area contributed by atoms with Crippen LogP contribution in [-0.2, 0) is 0 Å². The van der Waals surface area contributed by atoms with Crippen LogP contribution in [0, 0.1) is 6.92 Å². The van der Waals surface area contributed by atoms with Gasteiger partial charge in [0.1, 0.15) is 0 Å². The fourth-order valence-corrected chi connectivity index (χ4v) is 2.35. The zero-order chi connectivity index (χ0) is 12.1. The lowest BCUT2D eigenvalue weighted by molar-refractivity contribution is 0.279. The fourth-order valence-electron chi connectivity index (χ4n) is 1.97. The summed E-state index contributed by atoms with van der Waals surface area (Å²) < 4.78 is 1.15. The van der Waals surface area contributed by atoms with Crippen molar-refractivity contribution in [2.75, 3.05) is 20.6 Å². The Hall–Kier alpha value is -0.380. The van der Waals surface area contributed by atoms with E-state index in [1.165, 1.54) is 11.1 Å². The maximum atomic E-state index is 5.60. The number of benzene rings is 1. The number of nitrogens with two attached hydrogens (primary N) is 1. The highest BCUT2D eigenvalue weighted by Gasteiger charge is 2.15. The summed E-state index contributed by atoms with van der Waals surface area (Å²) in [5, 5.41) is 0. The Morgan fingerprint density at radius 2 is 2.06 bits per heavy atom. The van der Waals surface area contributed by atoms with Gasteiger partial charge in [-0.3, -0.25) is 0 Å². The maximum absolute atomic E-state index is 5.60. The van der Waals surface area contributed by atoms with Crippen LogP contribution in [0.3, 0.4) is 0 Å². The van der Waals surface area contributed by atoms with Crippen LogP contribution in [0.15, 0.2) is 22.7 Å². The Labute approximate surface area is 107 Å². The highest BCUT2D eigenvalue weighted by molar-refractivity contribution is 9.10. The lowest BCUT2D eigenvalue weighted by atomic mass is 9.97. The summed E-state index contributed by atoms with van der Waals surface area (Å²) in [6.07, 6.45) is 2.18. The molecule has 0 fully saturated rings. The van der Waals surface area contributed by atoms with E-state index in [9.17, 15) is 0 Å². The highest BCUT2D eigenvalue weighted by Crippen LogP contribution is 2.28. The van der Waals surface area contributed by atoms with Gasteiger partial charge in [0.05, 0.1) is 0 Å². The molecule has 3 heteroatoms. The van der Waals surface area contributed by atoms with Crippen molar-refractivity contribution in [1.29, 1.82) is 0 Å². The van der Waals surface area contributed by atoms with E-state index >= 15 is 0 Å². The number of aryl methyl sites for hydroxylation is 1. The van der Waals surface area contributed by atoms with E-state index in [0.29, 0.717) is 6.04 Å². The number of rotatable bonds is 5. The van der Waals surface area contributed by atoms with E-state index in [0.717, 1.165) is 23.9 Å². The second-order valence-corrected chi connectivity index (χ2v) is 5.33. The predicted octanol–water partition coefficient (Wildman–Crippen LogP) is 3.10. The normalized spacial score (nSPS) is 13.1. The molecular weight excluding hydrogens is 264 g/mol. The second-order valence-electron chi connectivity index (χ2n) is 4.41. The minimum Gasteiger partial charge on any atom is -0.330 e. The molecule has 0 saturated carbocycles. The van der Waals surface area contributed by atoms with E-state index in [1.54, 1.807) is 0 Å². The molecule has 0 radical (unpaired) electrons. The smallest absolute Gasteiger partial charge is 0.0345 e. The molecule has 1 unspecified atom stereocenters. The highest BCUT2D eigenvalue weighted by atomic mass is 79.9. The van der Waals surface area contributed by atoms with Gasteiger partial charge >= 0.3 is 0 Å². The van der Waals surface area contributed by atoms with Crippen LogP contribution in [0.1, 0.15) is 30.0 Å². The Morgan fingerprint density at radius 1 is 1.38 bits per heavy atom. The van der Waals surface area contributed by atoms with Crippen LogP contribution < -0.4 is 5.73 Å². The third-order valence-electron chi connectivity index (χ3n) is 2.91. The minimum atomic E-state index is 0.459. The van der Waals surface area contributed by atoms with E-state index < -0.39 is 0 Å². The molecule has 1 aromatic carbocycles. The average Bonchev–Trinajstić information content (AvgIpc) is 2.23. The Kier molecular flexibility index (Phi) is 5.46. The Morgan fingerprint density at radius 3 is 2.62 bits per heavy atom. The first kappa shape index (κ1) is 13.7. The first-order valence-corrected chi connectivity index (χ1v) is 6.48. The monoisotopic (exact) mass is 284 g/mol. The molecule has 0 amide bonds. The first-order chi connectivity index (χ1) is 7.56. The molecule has 0 aromatic heterocycles. The molecule has 16 heavy (non-hydrogen) atoms. The Bertz CT molecular complexity index is 337. The van der Waals surface area contributed by atoms with Crippen molar-refractivity contribution in [3.8, 4) is 0 Å². The van der Waals surface area contributed by atoms with Crippen molar-refractivity contribution in [1.82, 2.24) is 4.90 Å². The van der Waals surface area contributed by atoms with Gasteiger partial charge < -0.3 is 10.6 Å². The van der Waals surface area contributed by atoms with Crippen LogP contribution >= 0.6 is 15.9 Å². The maximum Gasteiger partial charge on any atom is 0.0345 e. The van der Waals surface area contributed by atoms with Crippen molar-refractivity contribution >= 4 is 15.9 Å². The van der Waals surface area contributed by atoms with Crippen LogP contribution in [0.5, 0.6) is 0 Å². The molecule has 0 spiro atoms. The molecule has 1 aromatic rings. The SMILES string of the molecule is Cc1ccc(Br)cc1C(CCCN)N(C)C. The van der Waals surface area contributed by atoms with Crippen molar-refractivity contribution in [2.45, 2.75) is 25.8 Å². The molecule has 0 heterocycles. The van der Waals surface area contributed by atoms with E-state index in [4.69, 9.17) is 5.73 Å². The Balaban J connectivity index is 2.95. The van der Waals surface area contributed by atoms with Gasteiger partial charge in [0, 0.05) is 10.5 Å². The quantitative estimate of drug-likeness (QED) is 0.900. The lowest BCUT2D eigenvalue weighted by Gasteiger charge is -2.26. The molecule has 0 aliphatic carbocycles. The average molecular weight is 285 g/mol. The van der Waals surface area contributed by atoms with Gasteiger partial charge in [0.15, 0.2) is 0 Å². The molecule has 1 atom stereocenters. The molecule has 0 aliphatic heterocycles. The zero-order valence-electron chi connectivity index (χ0n) is 10.3. The van der Waals surface area contributed by atoms with Crippen molar-refractivity contribution in [3.05, 3.63) is 33.8 Å². The minimum absolute atomic E-state index is 0.459. The van der Waals surface area contributed by atoms with Crippen molar-refractivity contribution < 1.29 is 0 Å². The van der Waals surface area contributed by atoms with Crippen LogP contribution in [0.4, 0.5) is 0 Å². The van der Waals surface area contributed by atoms with E-state index in [1.807, 2.05) is 0 Å². The van der Waals surface area contributed by atoms with Crippen molar-refractivity contribution in [2.24, 2.45) is 5.73 Å². The summed E-state index contributed by atoms with van der Waals surface area (Å²) in [6, 6.07) is 6.93. The number of hydrogen-bond acceptors (Lipinski definition) is 2. The zero-order valence-corrected chi connectivity index (χ0v) is 11.9. The second kappa shape index (κ2) is 6.38. The van der Waals surface area contributed by atoms with Gasteiger partial charge in [-0.25, -0.2) is 0 Å². The summed E-state index contributed by atoms with van der Waals surface area (Å²) in [4.78, 5) is 2.27. The fraction of sp³-hybridized carbons (Fsp3) is 0.538. The lowest BCUT2D eigenvalue weighted by Crippen LogP contribution is -2.21. The van der Waals surface area contributed by atoms with Gasteiger partial charge in [-0.05, 0) is 63.7 Å². The molecule has 2 nitrogen and oxygen atoms in total. The summed E-state index contributed by atoms with van der Waals surface area (Å²) in [7, 11) is 4.25. The van der Waals surface area contributed by atoms with Crippen LogP contribution in [0.2, 0.25) is 0 Å². The molecule has 0 saturated heterocycles. The molecule has 1 rings (SSSR count). The molecule has 0 bridgehead atoms. The molecule has 0 aliphatic rings. The van der Waals surface area contributed by atoms with E-state index in [2.05, 4.69) is 60.0 Å². The summed E-state index contributed by atoms with van der Waals surface area (Å²) in [5.74, 6) is 0. The molecule has 2 N–H and O–H groups in total. The molecular formula is C13H21BrN2. The van der Waals surface area contributed by atoms with Crippen LogP contribution in [-0.4, -0.2) is 25.5 Å². The number of hydrogen-bond donors (Lipinski definition) is 1. The molecule has 90 valence electrons. The van der Waals surface area contributed by atoms with Gasteiger partial charge in [-0.1, -0.05) is 22.0 Å². The summed E-state index contributed by atoms with van der Waals surface area (Å²) in [6.45, 7) is 2.93. The number of nitrogens with zero attached hydrogens (tertiary/aromatic N) is 1. The van der Waals surface area contributed by atoms with Gasteiger partial charge in [0.25, 0.3) is 0 Å². The number of halogens is 1. The third-order valence-corrected chi connectivity index (χ3v) is 3.40. The van der Waals surface area contributed by atoms with E-state index in [-0.39, 0.29) is 0 Å².